The van der Waals surface area contributed by atoms with E-state index in [0.29, 0.717) is 19.0 Å². The van der Waals surface area contributed by atoms with Crippen LogP contribution in [0.2, 0.25) is 0 Å². The number of amides is 1. The van der Waals surface area contributed by atoms with E-state index in [4.69, 9.17) is 5.11 Å². The lowest BCUT2D eigenvalue weighted by molar-refractivity contribution is -0.139. The van der Waals surface area contributed by atoms with E-state index in [1.165, 1.54) is 6.92 Å². The summed E-state index contributed by atoms with van der Waals surface area (Å²) in [5.41, 5.74) is 0. The molecule has 1 amide bonds. The number of carboxylic acid groups (broad SMARTS) is 1. The van der Waals surface area contributed by atoms with Gasteiger partial charge in [0.1, 0.15) is 0 Å². The van der Waals surface area contributed by atoms with Gasteiger partial charge in [-0.3, -0.25) is 9.59 Å². The van der Waals surface area contributed by atoms with Crippen molar-refractivity contribution in [2.75, 3.05) is 26.2 Å². The van der Waals surface area contributed by atoms with Crippen molar-refractivity contribution in [3.05, 3.63) is 0 Å². The van der Waals surface area contributed by atoms with Crippen LogP contribution in [0.15, 0.2) is 0 Å². The van der Waals surface area contributed by atoms with Gasteiger partial charge in [0, 0.05) is 20.0 Å². The number of aliphatic carboxylic acids is 1. The molecule has 1 unspecified atom stereocenters. The van der Waals surface area contributed by atoms with E-state index in [1.807, 2.05) is 0 Å². The Bertz CT molecular complexity index is 288. The molecule has 1 aliphatic rings. The summed E-state index contributed by atoms with van der Waals surface area (Å²) in [4.78, 5) is 23.3. The van der Waals surface area contributed by atoms with Gasteiger partial charge in [-0.05, 0) is 31.8 Å². The summed E-state index contributed by atoms with van der Waals surface area (Å²) in [6.45, 7) is 4.33. The molecule has 0 aromatic heterocycles. The SMILES string of the molecule is CC(=O)NCC1CCN(CC(O)CC(=O)O)CC1. The molecule has 0 spiro atoms. The zero-order valence-electron chi connectivity index (χ0n) is 10.8. The Hall–Kier alpha value is -1.14. The lowest BCUT2D eigenvalue weighted by Gasteiger charge is -2.32. The summed E-state index contributed by atoms with van der Waals surface area (Å²) in [6.07, 6.45) is 0.945. The molecule has 1 heterocycles. The highest BCUT2D eigenvalue weighted by atomic mass is 16.4. The molecule has 6 heteroatoms. The van der Waals surface area contributed by atoms with E-state index in [9.17, 15) is 14.7 Å². The number of β-amino-alcohol motifs (C(OH)–C–C–N with tert-alkyl or cyclic N) is 1. The molecule has 3 N–H and O–H groups in total. The second kappa shape index (κ2) is 7.33. The van der Waals surface area contributed by atoms with Crippen molar-refractivity contribution < 1.29 is 19.8 Å². The first-order valence-electron chi connectivity index (χ1n) is 6.34. The van der Waals surface area contributed by atoms with Gasteiger partial charge in [-0.25, -0.2) is 0 Å². The molecule has 1 atom stereocenters. The first-order chi connectivity index (χ1) is 8.47. The minimum Gasteiger partial charge on any atom is -0.481 e. The summed E-state index contributed by atoms with van der Waals surface area (Å²) >= 11 is 0. The Kier molecular flexibility index (Phi) is 6.07. The molecule has 6 nitrogen and oxygen atoms in total. The molecule has 0 aliphatic carbocycles. The quantitative estimate of drug-likeness (QED) is 0.607. The normalized spacial score (nSPS) is 19.4. The molecule has 1 rings (SSSR count). The van der Waals surface area contributed by atoms with E-state index < -0.39 is 12.1 Å². The zero-order valence-corrected chi connectivity index (χ0v) is 10.8. The maximum atomic E-state index is 10.8. The summed E-state index contributed by atoms with van der Waals surface area (Å²) in [6, 6.07) is 0. The monoisotopic (exact) mass is 258 g/mol. The van der Waals surface area contributed by atoms with E-state index in [-0.39, 0.29) is 12.3 Å². The number of hydrogen-bond donors (Lipinski definition) is 3. The van der Waals surface area contributed by atoms with Crippen LogP contribution in [0.5, 0.6) is 0 Å². The molecule has 0 bridgehead atoms. The van der Waals surface area contributed by atoms with Gasteiger partial charge in [-0.15, -0.1) is 0 Å². The number of carbonyl (C=O) groups is 2. The number of piperidine rings is 1. The van der Waals surface area contributed by atoms with Gasteiger partial charge in [0.05, 0.1) is 12.5 Å². The van der Waals surface area contributed by atoms with Gasteiger partial charge in [0.2, 0.25) is 5.91 Å². The van der Waals surface area contributed by atoms with Crippen LogP contribution in [0.4, 0.5) is 0 Å². The maximum absolute atomic E-state index is 10.8. The van der Waals surface area contributed by atoms with Crippen molar-refractivity contribution >= 4 is 11.9 Å². The number of aliphatic hydroxyl groups is 1. The van der Waals surface area contributed by atoms with Gasteiger partial charge in [0.25, 0.3) is 0 Å². The Morgan fingerprint density at radius 3 is 2.50 bits per heavy atom. The van der Waals surface area contributed by atoms with E-state index in [2.05, 4.69) is 10.2 Å². The molecule has 0 saturated carbocycles. The molecule has 0 radical (unpaired) electrons. The predicted molar refractivity (Wildman–Crippen MR) is 66.1 cm³/mol. The van der Waals surface area contributed by atoms with Crippen molar-refractivity contribution in [1.29, 1.82) is 0 Å². The van der Waals surface area contributed by atoms with Crippen LogP contribution in [-0.2, 0) is 9.59 Å². The number of aliphatic hydroxyl groups excluding tert-OH is 1. The Morgan fingerprint density at radius 1 is 1.39 bits per heavy atom. The number of nitrogens with zero attached hydrogens (tertiary/aromatic N) is 1. The highest BCUT2D eigenvalue weighted by Crippen LogP contribution is 2.16. The van der Waals surface area contributed by atoms with Crippen LogP contribution >= 0.6 is 0 Å². The van der Waals surface area contributed by atoms with Crippen molar-refractivity contribution in [3.8, 4) is 0 Å². The second-order valence-electron chi connectivity index (χ2n) is 4.93. The molecule has 0 aromatic rings. The van der Waals surface area contributed by atoms with Crippen molar-refractivity contribution in [1.82, 2.24) is 10.2 Å². The van der Waals surface area contributed by atoms with Crippen LogP contribution in [0.1, 0.15) is 26.2 Å². The molecular weight excluding hydrogens is 236 g/mol. The largest absolute Gasteiger partial charge is 0.481 e. The number of rotatable bonds is 6. The second-order valence-corrected chi connectivity index (χ2v) is 4.93. The van der Waals surface area contributed by atoms with Gasteiger partial charge in [-0.1, -0.05) is 0 Å². The summed E-state index contributed by atoms with van der Waals surface area (Å²) in [5, 5.41) is 20.9. The van der Waals surface area contributed by atoms with Crippen LogP contribution in [0.3, 0.4) is 0 Å². The van der Waals surface area contributed by atoms with Crippen molar-refractivity contribution in [2.45, 2.75) is 32.3 Å². The van der Waals surface area contributed by atoms with Gasteiger partial charge in [-0.2, -0.15) is 0 Å². The van der Waals surface area contributed by atoms with Gasteiger partial charge in [0.15, 0.2) is 0 Å². The van der Waals surface area contributed by atoms with E-state index in [1.54, 1.807) is 0 Å². The third kappa shape index (κ3) is 5.97. The van der Waals surface area contributed by atoms with Crippen LogP contribution in [0.25, 0.3) is 0 Å². The number of likely N-dealkylation sites (tertiary alicyclic amines) is 1. The van der Waals surface area contributed by atoms with Crippen molar-refractivity contribution in [3.63, 3.8) is 0 Å². The van der Waals surface area contributed by atoms with Gasteiger partial charge >= 0.3 is 5.97 Å². The first kappa shape index (κ1) is 14.9. The highest BCUT2D eigenvalue weighted by molar-refractivity contribution is 5.72. The number of hydrogen-bond acceptors (Lipinski definition) is 4. The van der Waals surface area contributed by atoms with E-state index in [0.717, 1.165) is 25.9 Å². The summed E-state index contributed by atoms with van der Waals surface area (Å²) in [5.74, 6) is -0.487. The Balaban J connectivity index is 2.18. The third-order valence-corrected chi connectivity index (χ3v) is 3.23. The fourth-order valence-electron chi connectivity index (χ4n) is 2.23. The van der Waals surface area contributed by atoms with Crippen LogP contribution in [-0.4, -0.2) is 59.3 Å². The average Bonchev–Trinajstić information content (AvgIpc) is 2.26. The standard InChI is InChI=1S/C12H22N2O4/c1-9(15)13-7-10-2-4-14(5-3-10)8-11(16)6-12(17)18/h10-11,16H,2-8H2,1H3,(H,13,15)(H,17,18). The maximum Gasteiger partial charge on any atom is 0.306 e. The molecular formula is C12H22N2O4. The number of carbonyl (C=O) groups excluding carboxylic acids is 1. The van der Waals surface area contributed by atoms with Crippen molar-refractivity contribution in [2.24, 2.45) is 5.92 Å². The van der Waals surface area contributed by atoms with E-state index >= 15 is 0 Å². The molecule has 1 fully saturated rings. The minimum atomic E-state index is -0.969. The predicted octanol–water partition coefficient (Wildman–Crippen LogP) is -0.330. The van der Waals surface area contributed by atoms with Crippen LogP contribution < -0.4 is 5.32 Å². The molecule has 1 aliphatic heterocycles. The summed E-state index contributed by atoms with van der Waals surface area (Å²) in [7, 11) is 0. The lowest BCUT2D eigenvalue weighted by atomic mass is 9.96. The van der Waals surface area contributed by atoms with Crippen LogP contribution in [0, 0.1) is 5.92 Å². The first-order valence-corrected chi connectivity index (χ1v) is 6.34. The third-order valence-electron chi connectivity index (χ3n) is 3.23. The lowest BCUT2D eigenvalue weighted by Crippen LogP contribution is -2.41. The fourth-order valence-corrected chi connectivity index (χ4v) is 2.23. The fraction of sp³-hybridized carbons (Fsp3) is 0.833. The Labute approximate surface area is 107 Å². The Morgan fingerprint density at radius 2 is 2.00 bits per heavy atom. The number of carboxylic acids is 1. The molecule has 18 heavy (non-hydrogen) atoms. The minimum absolute atomic E-state index is 0.00527. The summed E-state index contributed by atoms with van der Waals surface area (Å²) < 4.78 is 0. The topological polar surface area (TPSA) is 89.9 Å². The smallest absolute Gasteiger partial charge is 0.306 e. The number of nitrogens with one attached hydrogen (secondary N) is 1. The average molecular weight is 258 g/mol. The molecule has 0 aromatic carbocycles. The van der Waals surface area contributed by atoms with Gasteiger partial charge < -0.3 is 20.4 Å². The highest BCUT2D eigenvalue weighted by Gasteiger charge is 2.21. The molecule has 1 saturated heterocycles. The zero-order chi connectivity index (χ0) is 13.5. The molecule has 104 valence electrons.